The van der Waals surface area contributed by atoms with Crippen LogP contribution in [0.2, 0.25) is 0 Å². The molecule has 1 unspecified atom stereocenters. The minimum Gasteiger partial charge on any atom is -0.479 e. The van der Waals surface area contributed by atoms with Crippen molar-refractivity contribution in [1.29, 1.82) is 0 Å². The maximum absolute atomic E-state index is 11.1. The van der Waals surface area contributed by atoms with Gasteiger partial charge >= 0.3 is 5.97 Å². The number of aliphatic carboxylic acids is 1. The normalized spacial score (nSPS) is 16.4. The fourth-order valence-electron chi connectivity index (χ4n) is 1.26. The third kappa shape index (κ3) is 4.27. The number of hydrogen-bond donors (Lipinski definition) is 1. The summed E-state index contributed by atoms with van der Waals surface area (Å²) in [6.07, 6.45) is 1.54. The minimum atomic E-state index is -1.03. The summed E-state index contributed by atoms with van der Waals surface area (Å²) in [5.74, 6) is -1.73. The van der Waals surface area contributed by atoms with Gasteiger partial charge in [0.25, 0.3) is 11.8 Å². The van der Waals surface area contributed by atoms with E-state index in [-0.39, 0.29) is 38.2 Å². The highest BCUT2D eigenvalue weighted by atomic mass is 16.5. The number of rotatable bonds is 8. The Morgan fingerprint density at radius 1 is 1.28 bits per heavy atom. The lowest BCUT2D eigenvalue weighted by molar-refractivity contribution is -0.150. The van der Waals surface area contributed by atoms with Crippen LogP contribution >= 0.6 is 0 Å². The molecule has 1 heterocycles. The lowest BCUT2D eigenvalue weighted by atomic mass is 10.4. The summed E-state index contributed by atoms with van der Waals surface area (Å²) < 4.78 is 10.1. The van der Waals surface area contributed by atoms with Crippen LogP contribution in [0, 0.1) is 0 Å². The molecule has 0 aromatic heterocycles. The molecule has 0 aromatic carbocycles. The molecule has 0 aromatic rings. The Bertz CT molecular complexity index is 347. The Morgan fingerprint density at radius 2 is 1.89 bits per heavy atom. The number of carboxylic acid groups (broad SMARTS) is 1. The van der Waals surface area contributed by atoms with Crippen LogP contribution < -0.4 is 0 Å². The van der Waals surface area contributed by atoms with Gasteiger partial charge in [-0.3, -0.25) is 14.5 Å². The van der Waals surface area contributed by atoms with Gasteiger partial charge in [0, 0.05) is 12.2 Å². The third-order valence-electron chi connectivity index (χ3n) is 2.30. The van der Waals surface area contributed by atoms with E-state index in [9.17, 15) is 14.4 Å². The van der Waals surface area contributed by atoms with Crippen LogP contribution in [0.3, 0.4) is 0 Å². The van der Waals surface area contributed by atoms with Gasteiger partial charge in [-0.1, -0.05) is 0 Å². The van der Waals surface area contributed by atoms with Crippen LogP contribution in [0.4, 0.5) is 0 Å². The highest BCUT2D eigenvalue weighted by Crippen LogP contribution is 2.02. The molecule has 1 N–H and O–H groups in total. The fourth-order valence-corrected chi connectivity index (χ4v) is 1.26. The van der Waals surface area contributed by atoms with Crippen molar-refractivity contribution in [2.45, 2.75) is 13.0 Å². The van der Waals surface area contributed by atoms with E-state index in [1.54, 1.807) is 0 Å². The summed E-state index contributed by atoms with van der Waals surface area (Å²) in [7, 11) is 0. The van der Waals surface area contributed by atoms with E-state index in [4.69, 9.17) is 14.6 Å². The summed E-state index contributed by atoms with van der Waals surface area (Å²) in [4.78, 5) is 33.8. The summed E-state index contributed by atoms with van der Waals surface area (Å²) in [6.45, 7) is 2.16. The lowest BCUT2D eigenvalue weighted by Crippen LogP contribution is -2.33. The zero-order chi connectivity index (χ0) is 13.5. The number of carbonyl (C=O) groups excluding carboxylic acids is 2. The molecule has 0 fully saturated rings. The molecular weight excluding hydrogens is 242 g/mol. The lowest BCUT2D eigenvalue weighted by Gasteiger charge is -2.14. The molecule has 0 saturated carbocycles. The van der Waals surface area contributed by atoms with Crippen molar-refractivity contribution in [3.8, 4) is 0 Å². The molecule has 18 heavy (non-hydrogen) atoms. The topological polar surface area (TPSA) is 93.1 Å². The van der Waals surface area contributed by atoms with Crippen molar-refractivity contribution in [1.82, 2.24) is 4.90 Å². The molecule has 0 radical (unpaired) electrons. The number of hydrogen-bond acceptors (Lipinski definition) is 5. The first-order valence-corrected chi connectivity index (χ1v) is 5.48. The Kier molecular flexibility index (Phi) is 5.47. The first kappa shape index (κ1) is 14.3. The molecular formula is C11H15NO6. The van der Waals surface area contributed by atoms with Gasteiger partial charge in [-0.25, -0.2) is 4.79 Å². The fraction of sp³-hybridized carbons (Fsp3) is 0.545. The predicted octanol–water partition coefficient (Wildman–Crippen LogP) is -0.582. The molecule has 0 aliphatic carbocycles. The molecule has 0 spiro atoms. The van der Waals surface area contributed by atoms with E-state index < -0.39 is 12.1 Å². The molecule has 100 valence electrons. The summed E-state index contributed by atoms with van der Waals surface area (Å²) in [5.41, 5.74) is 0. The molecule has 0 bridgehead atoms. The number of carbonyl (C=O) groups is 3. The quantitative estimate of drug-likeness (QED) is 0.462. The number of imide groups is 1. The van der Waals surface area contributed by atoms with Crippen LogP contribution in [0.5, 0.6) is 0 Å². The van der Waals surface area contributed by atoms with E-state index in [0.717, 1.165) is 4.90 Å². The summed E-state index contributed by atoms with van der Waals surface area (Å²) in [6, 6.07) is 0. The number of nitrogens with zero attached hydrogens (tertiary/aromatic N) is 1. The first-order valence-electron chi connectivity index (χ1n) is 5.48. The van der Waals surface area contributed by atoms with Crippen LogP contribution in [0.15, 0.2) is 12.2 Å². The van der Waals surface area contributed by atoms with Gasteiger partial charge in [-0.2, -0.15) is 0 Å². The van der Waals surface area contributed by atoms with Crippen LogP contribution in [0.25, 0.3) is 0 Å². The van der Waals surface area contributed by atoms with Crippen molar-refractivity contribution < 1.29 is 29.0 Å². The van der Waals surface area contributed by atoms with Crippen molar-refractivity contribution in [2.75, 3.05) is 26.4 Å². The maximum Gasteiger partial charge on any atom is 0.332 e. The minimum absolute atomic E-state index is 0.146. The van der Waals surface area contributed by atoms with Crippen LogP contribution in [-0.2, 0) is 23.9 Å². The second-order valence-corrected chi connectivity index (χ2v) is 3.63. The van der Waals surface area contributed by atoms with E-state index in [2.05, 4.69) is 0 Å². The second kappa shape index (κ2) is 6.87. The predicted molar refractivity (Wildman–Crippen MR) is 59.7 cm³/mol. The molecule has 2 amide bonds. The molecule has 0 saturated heterocycles. The van der Waals surface area contributed by atoms with Gasteiger partial charge in [-0.15, -0.1) is 0 Å². The average Bonchev–Trinajstić information content (AvgIpc) is 2.64. The molecule has 1 aliphatic rings. The Hall–Kier alpha value is -1.73. The summed E-state index contributed by atoms with van der Waals surface area (Å²) in [5, 5.41) is 8.53. The van der Waals surface area contributed by atoms with Gasteiger partial charge in [0.05, 0.1) is 26.4 Å². The molecule has 1 aliphatic heterocycles. The summed E-state index contributed by atoms with van der Waals surface area (Å²) >= 11 is 0. The Labute approximate surface area is 104 Å². The Morgan fingerprint density at radius 3 is 2.44 bits per heavy atom. The number of carboxylic acids is 1. The van der Waals surface area contributed by atoms with Crippen molar-refractivity contribution in [3.63, 3.8) is 0 Å². The van der Waals surface area contributed by atoms with Crippen LogP contribution in [-0.4, -0.2) is 60.3 Å². The molecule has 1 rings (SSSR count). The number of ether oxygens (including phenoxy) is 2. The van der Waals surface area contributed by atoms with E-state index in [0.29, 0.717) is 0 Å². The van der Waals surface area contributed by atoms with E-state index >= 15 is 0 Å². The van der Waals surface area contributed by atoms with Gasteiger partial charge in [-0.05, 0) is 6.92 Å². The average molecular weight is 257 g/mol. The van der Waals surface area contributed by atoms with Crippen molar-refractivity contribution in [2.24, 2.45) is 0 Å². The first-order chi connectivity index (χ1) is 8.52. The highest BCUT2D eigenvalue weighted by Gasteiger charge is 2.22. The smallest absolute Gasteiger partial charge is 0.332 e. The largest absolute Gasteiger partial charge is 0.479 e. The molecule has 7 nitrogen and oxygen atoms in total. The standard InChI is InChI=1S/C11H15NO6/c1-8(11(15)16)18-7-6-17-5-4-12-9(13)2-3-10(12)14/h2-3,8H,4-7H2,1H3,(H,15,16). The third-order valence-corrected chi connectivity index (χ3v) is 2.30. The molecule has 7 heteroatoms. The second-order valence-electron chi connectivity index (χ2n) is 3.63. The SMILES string of the molecule is CC(OCCOCCN1C(=O)C=CC1=O)C(=O)O. The van der Waals surface area contributed by atoms with Crippen molar-refractivity contribution >= 4 is 17.8 Å². The van der Waals surface area contributed by atoms with Gasteiger partial charge < -0.3 is 14.6 Å². The van der Waals surface area contributed by atoms with E-state index in [1.807, 2.05) is 0 Å². The monoisotopic (exact) mass is 257 g/mol. The zero-order valence-corrected chi connectivity index (χ0v) is 10.00. The van der Waals surface area contributed by atoms with Gasteiger partial charge in [0.1, 0.15) is 0 Å². The van der Waals surface area contributed by atoms with Crippen LogP contribution in [0.1, 0.15) is 6.92 Å². The Balaban J connectivity index is 2.04. The van der Waals surface area contributed by atoms with Crippen molar-refractivity contribution in [3.05, 3.63) is 12.2 Å². The number of amides is 2. The van der Waals surface area contributed by atoms with E-state index in [1.165, 1.54) is 19.1 Å². The van der Waals surface area contributed by atoms with Gasteiger partial charge in [0.2, 0.25) is 0 Å². The molecule has 1 atom stereocenters. The maximum atomic E-state index is 11.1. The van der Waals surface area contributed by atoms with Gasteiger partial charge in [0.15, 0.2) is 6.10 Å². The highest BCUT2D eigenvalue weighted by molar-refractivity contribution is 6.12. The zero-order valence-electron chi connectivity index (χ0n) is 10.00.